The number of nitrogens with one attached hydrogen (secondary N) is 1. The van der Waals surface area contributed by atoms with Crippen LogP contribution in [0.1, 0.15) is 41.6 Å². The lowest BCUT2D eigenvalue weighted by atomic mass is 9.94. The number of rotatable bonds is 4. The first-order valence-corrected chi connectivity index (χ1v) is 9.53. The van der Waals surface area contributed by atoms with E-state index >= 15 is 0 Å². The molecule has 126 valence electrons. The van der Waals surface area contributed by atoms with Crippen LogP contribution in [0.3, 0.4) is 0 Å². The highest BCUT2D eigenvalue weighted by Gasteiger charge is 2.44. The van der Waals surface area contributed by atoms with E-state index in [0.29, 0.717) is 12.1 Å². The summed E-state index contributed by atoms with van der Waals surface area (Å²) in [7, 11) is -3.81. The van der Waals surface area contributed by atoms with Gasteiger partial charge in [-0.15, -0.1) is 0 Å². The highest BCUT2D eigenvalue weighted by Crippen LogP contribution is 2.38. The van der Waals surface area contributed by atoms with E-state index in [1.165, 1.54) is 25.0 Å². The monoisotopic (exact) mass is 337 g/mol. The quantitative estimate of drug-likeness (QED) is 0.857. The molecule has 6 nitrogen and oxygen atoms in total. The molecule has 0 unspecified atom stereocenters. The molecule has 2 aliphatic heterocycles. The van der Waals surface area contributed by atoms with Crippen LogP contribution >= 0.6 is 0 Å². The van der Waals surface area contributed by atoms with Crippen LogP contribution in [0.5, 0.6) is 0 Å². The van der Waals surface area contributed by atoms with Gasteiger partial charge in [-0.1, -0.05) is 6.07 Å². The highest BCUT2D eigenvalue weighted by atomic mass is 32.2. The van der Waals surface area contributed by atoms with Gasteiger partial charge < -0.3 is 5.32 Å². The number of hydrogen-bond donors (Lipinski definition) is 2. The van der Waals surface area contributed by atoms with Gasteiger partial charge >= 0.3 is 0 Å². The smallest absolute Gasteiger partial charge is 0.251 e. The largest absolute Gasteiger partial charge is 0.350 e. The second-order valence-corrected chi connectivity index (χ2v) is 8.18. The van der Waals surface area contributed by atoms with Crippen LogP contribution in [-0.2, 0) is 10.0 Å². The molecule has 0 aromatic heterocycles. The van der Waals surface area contributed by atoms with Crippen molar-refractivity contribution in [1.29, 1.82) is 0 Å². The summed E-state index contributed by atoms with van der Waals surface area (Å²) in [5.74, 6) is -0.235. The molecule has 0 saturated carbocycles. The number of aryl methyl sites for hydroxylation is 1. The van der Waals surface area contributed by atoms with Gasteiger partial charge in [0.05, 0.1) is 4.90 Å². The van der Waals surface area contributed by atoms with Crippen LogP contribution in [0.25, 0.3) is 0 Å². The molecular formula is C16H23N3O3S. The lowest BCUT2D eigenvalue weighted by molar-refractivity contribution is 0.0918. The molecule has 0 aliphatic carbocycles. The Morgan fingerprint density at radius 2 is 1.96 bits per heavy atom. The molecule has 0 spiro atoms. The fourth-order valence-electron chi connectivity index (χ4n) is 3.88. The molecule has 2 fully saturated rings. The van der Waals surface area contributed by atoms with Crippen LogP contribution in [-0.4, -0.2) is 44.4 Å². The minimum Gasteiger partial charge on any atom is -0.350 e. The Morgan fingerprint density at radius 3 is 2.57 bits per heavy atom. The minimum absolute atomic E-state index is 0.0326. The van der Waals surface area contributed by atoms with Gasteiger partial charge in [0, 0.05) is 17.6 Å². The van der Waals surface area contributed by atoms with Gasteiger partial charge in [0.1, 0.15) is 0 Å². The molecule has 1 aromatic rings. The van der Waals surface area contributed by atoms with Gasteiger partial charge in [0.25, 0.3) is 5.91 Å². The maximum absolute atomic E-state index is 12.5. The Hall–Kier alpha value is -1.44. The molecule has 0 bridgehead atoms. The van der Waals surface area contributed by atoms with Crippen molar-refractivity contribution < 1.29 is 13.2 Å². The predicted octanol–water partition coefficient (Wildman–Crippen LogP) is 1.00. The number of nitrogens with two attached hydrogens (primary N) is 1. The van der Waals surface area contributed by atoms with Crippen LogP contribution in [0.2, 0.25) is 0 Å². The van der Waals surface area contributed by atoms with Crippen molar-refractivity contribution in [2.24, 2.45) is 5.14 Å². The van der Waals surface area contributed by atoms with Crippen molar-refractivity contribution in [3.8, 4) is 0 Å². The Balaban J connectivity index is 1.76. The number of hydrogen-bond acceptors (Lipinski definition) is 4. The van der Waals surface area contributed by atoms with Crippen LogP contribution in [0.4, 0.5) is 0 Å². The van der Waals surface area contributed by atoms with Gasteiger partial charge in [-0.2, -0.15) is 0 Å². The summed E-state index contributed by atoms with van der Waals surface area (Å²) in [6.45, 7) is 4.62. The molecule has 2 heterocycles. The molecule has 2 aliphatic rings. The topological polar surface area (TPSA) is 92.5 Å². The summed E-state index contributed by atoms with van der Waals surface area (Å²) in [6.07, 6.45) is 4.58. The minimum atomic E-state index is -3.81. The molecule has 7 heteroatoms. The third-order valence-corrected chi connectivity index (χ3v) is 6.08. The van der Waals surface area contributed by atoms with Gasteiger partial charge in [-0.25, -0.2) is 13.6 Å². The molecule has 3 rings (SSSR count). The highest BCUT2D eigenvalue weighted by molar-refractivity contribution is 7.89. The van der Waals surface area contributed by atoms with Crippen LogP contribution in [0, 0.1) is 6.92 Å². The fourth-order valence-corrected chi connectivity index (χ4v) is 4.42. The van der Waals surface area contributed by atoms with E-state index in [9.17, 15) is 13.2 Å². The van der Waals surface area contributed by atoms with E-state index in [2.05, 4.69) is 10.2 Å². The van der Waals surface area contributed by atoms with Crippen molar-refractivity contribution in [2.45, 2.75) is 43.0 Å². The zero-order chi connectivity index (χ0) is 16.7. The number of fused-ring (bicyclic) bond motifs is 1. The summed E-state index contributed by atoms with van der Waals surface area (Å²) >= 11 is 0. The Labute approximate surface area is 137 Å². The molecule has 23 heavy (non-hydrogen) atoms. The number of sulfonamides is 1. The fraction of sp³-hybridized carbons (Fsp3) is 0.562. The van der Waals surface area contributed by atoms with Crippen molar-refractivity contribution in [1.82, 2.24) is 10.2 Å². The molecule has 2 saturated heterocycles. The van der Waals surface area contributed by atoms with Crippen molar-refractivity contribution in [3.05, 3.63) is 29.3 Å². The summed E-state index contributed by atoms with van der Waals surface area (Å²) in [5.41, 5.74) is 1.21. The van der Waals surface area contributed by atoms with Crippen molar-refractivity contribution >= 4 is 15.9 Å². The molecule has 0 radical (unpaired) electrons. The Kier molecular flexibility index (Phi) is 4.20. The molecule has 3 N–H and O–H groups in total. The lowest BCUT2D eigenvalue weighted by Gasteiger charge is -2.32. The first-order valence-electron chi connectivity index (χ1n) is 7.99. The number of carbonyl (C=O) groups excluding carboxylic acids is 1. The number of carbonyl (C=O) groups is 1. The first kappa shape index (κ1) is 16.4. The molecule has 1 aromatic carbocycles. The molecule has 1 amide bonds. The average molecular weight is 337 g/mol. The van der Waals surface area contributed by atoms with Crippen LogP contribution < -0.4 is 10.5 Å². The maximum atomic E-state index is 12.5. The number of primary sulfonamides is 1. The summed E-state index contributed by atoms with van der Waals surface area (Å²) in [6, 6.07) is 4.40. The number of nitrogens with zero attached hydrogens (tertiary/aromatic N) is 1. The maximum Gasteiger partial charge on any atom is 0.251 e. The van der Waals surface area contributed by atoms with Gasteiger partial charge in [-0.3, -0.25) is 9.69 Å². The van der Waals surface area contributed by atoms with E-state index in [-0.39, 0.29) is 16.3 Å². The van der Waals surface area contributed by atoms with E-state index in [1.54, 1.807) is 13.0 Å². The second-order valence-electron chi connectivity index (χ2n) is 6.62. The van der Waals surface area contributed by atoms with E-state index in [1.807, 2.05) is 0 Å². The third kappa shape index (κ3) is 3.13. The number of benzene rings is 1. The normalized spacial score (nSPS) is 20.4. The lowest BCUT2D eigenvalue weighted by Crippen LogP contribution is -2.48. The van der Waals surface area contributed by atoms with E-state index in [0.717, 1.165) is 31.5 Å². The SMILES string of the molecule is Cc1ccc(S(N)(=O)=O)cc1C(=O)NCC12CCCN1CCC2. The summed E-state index contributed by atoms with van der Waals surface area (Å²) in [5, 5.41) is 8.16. The Bertz CT molecular complexity index is 720. The summed E-state index contributed by atoms with van der Waals surface area (Å²) < 4.78 is 22.9. The number of amides is 1. The van der Waals surface area contributed by atoms with Crippen LogP contribution in [0.15, 0.2) is 23.1 Å². The third-order valence-electron chi connectivity index (χ3n) is 5.17. The van der Waals surface area contributed by atoms with Crippen molar-refractivity contribution in [3.63, 3.8) is 0 Å². The Morgan fingerprint density at radius 1 is 1.30 bits per heavy atom. The van der Waals surface area contributed by atoms with Crippen molar-refractivity contribution in [2.75, 3.05) is 19.6 Å². The summed E-state index contributed by atoms with van der Waals surface area (Å²) in [4.78, 5) is 15.0. The molecule has 0 atom stereocenters. The first-order chi connectivity index (χ1) is 10.8. The second kappa shape index (κ2) is 5.89. The average Bonchev–Trinajstić information content (AvgIpc) is 3.03. The van der Waals surface area contributed by atoms with Gasteiger partial charge in [0.15, 0.2) is 0 Å². The molecular weight excluding hydrogens is 314 g/mol. The zero-order valence-electron chi connectivity index (χ0n) is 13.3. The predicted molar refractivity (Wildman–Crippen MR) is 87.7 cm³/mol. The standard InChI is InChI=1S/C16H23N3O3S/c1-12-4-5-13(23(17,21)22)10-14(12)15(20)18-11-16-6-2-8-19(16)9-3-7-16/h4-5,10H,2-3,6-9,11H2,1H3,(H,18,20)(H2,17,21,22). The van der Waals surface area contributed by atoms with E-state index < -0.39 is 10.0 Å². The van der Waals surface area contributed by atoms with Gasteiger partial charge in [-0.05, 0) is 63.4 Å². The zero-order valence-corrected chi connectivity index (χ0v) is 14.2. The van der Waals surface area contributed by atoms with Gasteiger partial charge in [0.2, 0.25) is 10.0 Å². The van der Waals surface area contributed by atoms with E-state index in [4.69, 9.17) is 5.14 Å².